The number of fused-ring (bicyclic) bond motifs is 1. The lowest BCUT2D eigenvalue weighted by molar-refractivity contribution is -0.147. The van der Waals surface area contributed by atoms with Gasteiger partial charge in [-0.2, -0.15) is 0 Å². The Kier molecular flexibility index (Phi) is 3.57. The Morgan fingerprint density at radius 3 is 2.26 bits per heavy atom. The molecule has 1 aliphatic rings. The molecule has 3 N–H and O–H groups in total. The summed E-state index contributed by atoms with van der Waals surface area (Å²) in [6.45, 7) is 1.67. The van der Waals surface area contributed by atoms with Crippen LogP contribution in [0.5, 0.6) is 0 Å². The Bertz CT molecular complexity index is 487. The molecule has 1 aromatic rings. The molecule has 0 aromatic heterocycles. The molecule has 2 rings (SSSR count). The molecule has 1 amide bonds. The van der Waals surface area contributed by atoms with E-state index < -0.39 is 23.5 Å². The van der Waals surface area contributed by atoms with Gasteiger partial charge in [-0.05, 0) is 17.5 Å². The summed E-state index contributed by atoms with van der Waals surface area (Å²) >= 11 is 0. The molecule has 0 saturated carbocycles. The van der Waals surface area contributed by atoms with Crippen LogP contribution in [-0.2, 0) is 22.4 Å². The number of aliphatic carboxylic acids is 1. The quantitative estimate of drug-likeness (QED) is 0.738. The number of benzene rings is 1. The van der Waals surface area contributed by atoms with Crippen molar-refractivity contribution in [3.05, 3.63) is 35.4 Å². The Labute approximate surface area is 111 Å². The summed E-state index contributed by atoms with van der Waals surface area (Å²) in [5, 5.41) is 21.7. The van der Waals surface area contributed by atoms with Crippen LogP contribution >= 0.6 is 0 Å². The van der Waals surface area contributed by atoms with Crippen molar-refractivity contribution in [3.8, 4) is 0 Å². The predicted octanol–water partition coefficient (Wildman–Crippen LogP) is 0.496. The fourth-order valence-corrected chi connectivity index (χ4v) is 2.39. The Morgan fingerprint density at radius 1 is 1.32 bits per heavy atom. The summed E-state index contributed by atoms with van der Waals surface area (Å²) < 4.78 is 0. The van der Waals surface area contributed by atoms with E-state index in [0.717, 1.165) is 11.1 Å². The monoisotopic (exact) mass is 263 g/mol. The third kappa shape index (κ3) is 2.61. The molecule has 0 bridgehead atoms. The van der Waals surface area contributed by atoms with E-state index in [9.17, 15) is 14.7 Å². The van der Waals surface area contributed by atoms with Gasteiger partial charge in [0, 0.05) is 12.8 Å². The van der Waals surface area contributed by atoms with Crippen molar-refractivity contribution in [1.82, 2.24) is 5.32 Å². The summed E-state index contributed by atoms with van der Waals surface area (Å²) in [6.07, 6.45) is 0.736. The number of aliphatic hydroxyl groups is 1. The van der Waals surface area contributed by atoms with Crippen LogP contribution in [0.15, 0.2) is 24.3 Å². The normalized spacial score (nSPS) is 17.6. The maximum atomic E-state index is 12.1. The zero-order valence-electron chi connectivity index (χ0n) is 10.7. The molecule has 5 nitrogen and oxygen atoms in total. The van der Waals surface area contributed by atoms with Crippen LogP contribution in [0.4, 0.5) is 0 Å². The summed E-state index contributed by atoms with van der Waals surface area (Å²) in [6, 6.07) is 6.49. The molecule has 0 fully saturated rings. The standard InChI is InChI=1S/C14H17NO4/c1-2-11(12(16)17)15-13(18)14(19)7-9-5-3-4-6-10(9)8-14/h3-6,11,19H,2,7-8H2,1H3,(H,15,18)(H,16,17)/t11-/m1/s1. The van der Waals surface area contributed by atoms with Gasteiger partial charge in [0.15, 0.2) is 5.60 Å². The lowest BCUT2D eigenvalue weighted by Gasteiger charge is -2.23. The molecule has 5 heteroatoms. The van der Waals surface area contributed by atoms with Crippen LogP contribution in [0.2, 0.25) is 0 Å². The summed E-state index contributed by atoms with van der Waals surface area (Å²) in [7, 11) is 0. The van der Waals surface area contributed by atoms with E-state index >= 15 is 0 Å². The molecule has 0 radical (unpaired) electrons. The second-order valence-corrected chi connectivity index (χ2v) is 4.93. The molecular formula is C14H17NO4. The van der Waals surface area contributed by atoms with E-state index in [2.05, 4.69) is 5.32 Å². The molecule has 0 saturated heterocycles. The summed E-state index contributed by atoms with van der Waals surface area (Å²) in [4.78, 5) is 23.0. The van der Waals surface area contributed by atoms with Gasteiger partial charge in [0.1, 0.15) is 6.04 Å². The Balaban J connectivity index is 2.11. The smallest absolute Gasteiger partial charge is 0.326 e. The van der Waals surface area contributed by atoms with Crippen LogP contribution in [-0.4, -0.2) is 33.7 Å². The van der Waals surface area contributed by atoms with Gasteiger partial charge in [-0.25, -0.2) is 4.79 Å². The second-order valence-electron chi connectivity index (χ2n) is 4.93. The zero-order valence-corrected chi connectivity index (χ0v) is 10.7. The molecule has 0 heterocycles. The van der Waals surface area contributed by atoms with Gasteiger partial charge < -0.3 is 15.5 Å². The number of carbonyl (C=O) groups excluding carboxylic acids is 1. The third-order valence-electron chi connectivity index (χ3n) is 3.52. The number of carboxylic acid groups (broad SMARTS) is 1. The molecule has 19 heavy (non-hydrogen) atoms. The first kappa shape index (κ1) is 13.5. The van der Waals surface area contributed by atoms with E-state index in [1.807, 2.05) is 24.3 Å². The number of carbonyl (C=O) groups is 2. The molecule has 0 unspecified atom stereocenters. The highest BCUT2D eigenvalue weighted by Crippen LogP contribution is 2.30. The topological polar surface area (TPSA) is 86.6 Å². The van der Waals surface area contributed by atoms with E-state index in [4.69, 9.17) is 5.11 Å². The van der Waals surface area contributed by atoms with Gasteiger partial charge >= 0.3 is 5.97 Å². The highest BCUT2D eigenvalue weighted by molar-refractivity contribution is 5.90. The first-order valence-corrected chi connectivity index (χ1v) is 6.29. The minimum absolute atomic E-state index is 0.227. The number of nitrogens with one attached hydrogen (secondary N) is 1. The van der Waals surface area contributed by atoms with Gasteiger partial charge in [-0.3, -0.25) is 4.79 Å². The number of rotatable bonds is 4. The maximum absolute atomic E-state index is 12.1. The van der Waals surface area contributed by atoms with Crippen LogP contribution in [0.3, 0.4) is 0 Å². The third-order valence-corrected chi connectivity index (χ3v) is 3.52. The van der Waals surface area contributed by atoms with Crippen molar-refractivity contribution in [2.24, 2.45) is 0 Å². The van der Waals surface area contributed by atoms with Gasteiger partial charge in [0.05, 0.1) is 0 Å². The number of carboxylic acids is 1. The van der Waals surface area contributed by atoms with E-state index in [-0.39, 0.29) is 19.3 Å². The molecule has 1 aliphatic carbocycles. The van der Waals surface area contributed by atoms with Crippen LogP contribution in [0.25, 0.3) is 0 Å². The molecule has 0 aliphatic heterocycles. The summed E-state index contributed by atoms with van der Waals surface area (Å²) in [5.41, 5.74) is 0.332. The van der Waals surface area contributed by atoms with Crippen molar-refractivity contribution in [2.75, 3.05) is 0 Å². The van der Waals surface area contributed by atoms with Gasteiger partial charge in [0.2, 0.25) is 0 Å². The zero-order chi connectivity index (χ0) is 14.0. The minimum Gasteiger partial charge on any atom is -0.480 e. The first-order chi connectivity index (χ1) is 8.96. The Hall–Kier alpha value is -1.88. The second kappa shape index (κ2) is 5.01. The highest BCUT2D eigenvalue weighted by atomic mass is 16.4. The van der Waals surface area contributed by atoms with Crippen molar-refractivity contribution in [3.63, 3.8) is 0 Å². The number of hydrogen-bond donors (Lipinski definition) is 3. The summed E-state index contributed by atoms with van der Waals surface area (Å²) in [5.74, 6) is -1.70. The fraction of sp³-hybridized carbons (Fsp3) is 0.429. The lowest BCUT2D eigenvalue weighted by atomic mass is 9.98. The first-order valence-electron chi connectivity index (χ1n) is 6.29. The largest absolute Gasteiger partial charge is 0.480 e. The molecule has 102 valence electrons. The van der Waals surface area contributed by atoms with E-state index in [0.29, 0.717) is 0 Å². The van der Waals surface area contributed by atoms with Crippen molar-refractivity contribution in [1.29, 1.82) is 0 Å². The fourth-order valence-electron chi connectivity index (χ4n) is 2.39. The molecule has 1 aromatic carbocycles. The Morgan fingerprint density at radius 2 is 1.84 bits per heavy atom. The molecular weight excluding hydrogens is 246 g/mol. The number of amides is 1. The lowest BCUT2D eigenvalue weighted by Crippen LogP contribution is -2.52. The van der Waals surface area contributed by atoms with Gasteiger partial charge in [-0.1, -0.05) is 31.2 Å². The average Bonchev–Trinajstić information content (AvgIpc) is 2.72. The van der Waals surface area contributed by atoms with Crippen LogP contribution < -0.4 is 5.32 Å². The van der Waals surface area contributed by atoms with E-state index in [1.54, 1.807) is 6.92 Å². The molecule has 0 spiro atoms. The van der Waals surface area contributed by atoms with Crippen molar-refractivity contribution >= 4 is 11.9 Å². The van der Waals surface area contributed by atoms with Gasteiger partial charge in [0.25, 0.3) is 5.91 Å². The van der Waals surface area contributed by atoms with Crippen LogP contribution in [0, 0.1) is 0 Å². The van der Waals surface area contributed by atoms with Gasteiger partial charge in [-0.15, -0.1) is 0 Å². The SMILES string of the molecule is CC[C@@H](NC(=O)C1(O)Cc2ccccc2C1)C(=O)O. The van der Waals surface area contributed by atoms with Crippen molar-refractivity contribution < 1.29 is 19.8 Å². The van der Waals surface area contributed by atoms with Crippen molar-refractivity contribution in [2.45, 2.75) is 37.8 Å². The average molecular weight is 263 g/mol. The number of hydrogen-bond acceptors (Lipinski definition) is 3. The highest BCUT2D eigenvalue weighted by Gasteiger charge is 2.42. The predicted molar refractivity (Wildman–Crippen MR) is 68.7 cm³/mol. The van der Waals surface area contributed by atoms with Crippen LogP contribution in [0.1, 0.15) is 24.5 Å². The maximum Gasteiger partial charge on any atom is 0.326 e. The minimum atomic E-state index is -1.54. The molecule has 1 atom stereocenters. The van der Waals surface area contributed by atoms with E-state index in [1.165, 1.54) is 0 Å².